The summed E-state index contributed by atoms with van der Waals surface area (Å²) in [6.45, 7) is 8.95. The van der Waals surface area contributed by atoms with E-state index in [0.29, 0.717) is 18.7 Å². The van der Waals surface area contributed by atoms with Crippen molar-refractivity contribution in [2.75, 3.05) is 24.5 Å². The number of hydrogen-bond donors (Lipinski definition) is 0. The van der Waals surface area contributed by atoms with E-state index in [2.05, 4.69) is 30.9 Å². The molecule has 1 atom stereocenters. The summed E-state index contributed by atoms with van der Waals surface area (Å²) in [5.74, 6) is -0.0581. The van der Waals surface area contributed by atoms with Crippen LogP contribution in [0.15, 0.2) is 47.4 Å². The van der Waals surface area contributed by atoms with Gasteiger partial charge in [0.25, 0.3) is 11.5 Å². The third kappa shape index (κ3) is 3.45. The Morgan fingerprint density at radius 2 is 1.96 bits per heavy atom. The van der Waals surface area contributed by atoms with Crippen molar-refractivity contribution in [3.63, 3.8) is 0 Å². The molecular formula is C20H25N3O2. The second-order valence-electron chi connectivity index (χ2n) is 6.62. The molecule has 0 saturated carbocycles. The molecule has 1 aliphatic heterocycles. The largest absolute Gasteiger partial charge is 0.367 e. The Bertz CT molecular complexity index is 828. The number of pyridine rings is 1. The second-order valence-corrected chi connectivity index (χ2v) is 6.62. The van der Waals surface area contributed by atoms with Gasteiger partial charge in [-0.3, -0.25) is 9.59 Å². The van der Waals surface area contributed by atoms with Crippen molar-refractivity contribution in [3.05, 3.63) is 64.1 Å². The van der Waals surface area contributed by atoms with E-state index in [4.69, 9.17) is 0 Å². The summed E-state index contributed by atoms with van der Waals surface area (Å²) in [7, 11) is 0. The van der Waals surface area contributed by atoms with Gasteiger partial charge in [-0.25, -0.2) is 0 Å². The Kier molecular flexibility index (Phi) is 4.93. The molecule has 2 heterocycles. The Balaban J connectivity index is 1.75. The van der Waals surface area contributed by atoms with E-state index >= 15 is 0 Å². The van der Waals surface area contributed by atoms with E-state index in [1.807, 2.05) is 24.0 Å². The first-order chi connectivity index (χ1) is 12.0. The van der Waals surface area contributed by atoms with Crippen LogP contribution < -0.4 is 10.5 Å². The quantitative estimate of drug-likeness (QED) is 0.863. The fraction of sp³-hybridized carbons (Fsp3) is 0.400. The zero-order valence-corrected chi connectivity index (χ0v) is 15.1. The van der Waals surface area contributed by atoms with Crippen molar-refractivity contribution in [1.29, 1.82) is 0 Å². The van der Waals surface area contributed by atoms with Crippen molar-refractivity contribution in [1.82, 2.24) is 9.47 Å². The summed E-state index contributed by atoms with van der Waals surface area (Å²) in [5, 5.41) is 0. The summed E-state index contributed by atoms with van der Waals surface area (Å²) in [6.07, 6.45) is 1.70. The summed E-state index contributed by atoms with van der Waals surface area (Å²) in [6, 6.07) is 11.6. The summed E-state index contributed by atoms with van der Waals surface area (Å²) < 4.78 is 1.59. The minimum absolute atomic E-state index is 0.0581. The zero-order chi connectivity index (χ0) is 18.0. The zero-order valence-electron chi connectivity index (χ0n) is 15.1. The van der Waals surface area contributed by atoms with Gasteiger partial charge in [-0.2, -0.15) is 0 Å². The van der Waals surface area contributed by atoms with E-state index in [1.165, 1.54) is 17.3 Å². The number of amides is 1. The Morgan fingerprint density at radius 3 is 2.60 bits per heavy atom. The molecule has 2 aromatic rings. The smallest absolute Gasteiger partial charge is 0.254 e. The molecule has 1 saturated heterocycles. The van der Waals surface area contributed by atoms with Crippen LogP contribution in [0.5, 0.6) is 0 Å². The van der Waals surface area contributed by atoms with E-state index < -0.39 is 0 Å². The van der Waals surface area contributed by atoms with Crippen molar-refractivity contribution in [2.24, 2.45) is 0 Å². The van der Waals surface area contributed by atoms with Crippen LogP contribution >= 0.6 is 0 Å². The topological polar surface area (TPSA) is 45.6 Å². The van der Waals surface area contributed by atoms with Gasteiger partial charge in [0.05, 0.1) is 0 Å². The molecule has 25 heavy (non-hydrogen) atoms. The lowest BCUT2D eigenvalue weighted by atomic mass is 10.1. The highest BCUT2D eigenvalue weighted by Crippen LogP contribution is 2.23. The number of rotatable bonds is 3. The monoisotopic (exact) mass is 339 g/mol. The first-order valence-corrected chi connectivity index (χ1v) is 8.83. The molecule has 0 radical (unpaired) electrons. The molecular weight excluding hydrogens is 314 g/mol. The average Bonchev–Trinajstić information content (AvgIpc) is 2.61. The predicted molar refractivity (Wildman–Crippen MR) is 100 cm³/mol. The van der Waals surface area contributed by atoms with E-state index in [0.717, 1.165) is 13.1 Å². The van der Waals surface area contributed by atoms with Crippen LogP contribution in [-0.4, -0.2) is 41.1 Å². The molecule has 132 valence electrons. The van der Waals surface area contributed by atoms with Gasteiger partial charge in [-0.05, 0) is 38.5 Å². The first-order valence-electron chi connectivity index (χ1n) is 8.83. The molecule has 1 fully saturated rings. The predicted octanol–water partition coefficient (Wildman–Crippen LogP) is 2.53. The van der Waals surface area contributed by atoms with Gasteiger partial charge in [0.15, 0.2) is 0 Å². The number of aryl methyl sites for hydroxylation is 2. The molecule has 0 bridgehead atoms. The van der Waals surface area contributed by atoms with Crippen LogP contribution in [0, 0.1) is 6.92 Å². The molecule has 0 unspecified atom stereocenters. The molecule has 0 aliphatic carbocycles. The Hall–Kier alpha value is -2.56. The van der Waals surface area contributed by atoms with E-state index in [9.17, 15) is 9.59 Å². The summed E-state index contributed by atoms with van der Waals surface area (Å²) in [5.41, 5.74) is 2.83. The van der Waals surface area contributed by atoms with Crippen LogP contribution in [0.1, 0.15) is 29.8 Å². The molecule has 1 aromatic carbocycles. The van der Waals surface area contributed by atoms with Crippen molar-refractivity contribution in [2.45, 2.75) is 33.4 Å². The van der Waals surface area contributed by atoms with Gasteiger partial charge in [-0.1, -0.05) is 18.2 Å². The lowest BCUT2D eigenvalue weighted by Crippen LogP contribution is -2.54. The number of aromatic nitrogens is 1. The number of anilines is 1. The van der Waals surface area contributed by atoms with E-state index in [-0.39, 0.29) is 17.5 Å². The highest BCUT2D eigenvalue weighted by molar-refractivity contribution is 5.94. The highest BCUT2D eigenvalue weighted by atomic mass is 16.2. The molecule has 1 amide bonds. The minimum atomic E-state index is -0.125. The highest BCUT2D eigenvalue weighted by Gasteiger charge is 2.28. The second kappa shape index (κ2) is 7.13. The lowest BCUT2D eigenvalue weighted by Gasteiger charge is -2.41. The maximum Gasteiger partial charge on any atom is 0.254 e. The van der Waals surface area contributed by atoms with Crippen molar-refractivity contribution >= 4 is 11.6 Å². The average molecular weight is 339 g/mol. The lowest BCUT2D eigenvalue weighted by molar-refractivity contribution is 0.0673. The third-order valence-electron chi connectivity index (χ3n) is 4.93. The van der Waals surface area contributed by atoms with Crippen LogP contribution in [-0.2, 0) is 6.54 Å². The van der Waals surface area contributed by atoms with Crippen LogP contribution in [0.3, 0.4) is 0 Å². The van der Waals surface area contributed by atoms with Crippen molar-refractivity contribution < 1.29 is 4.79 Å². The number of benzene rings is 1. The SMILES string of the molecule is CCn1ccc(C(=O)N2CCN(c3ccccc3C)C[C@@H]2C)cc1=O. The van der Waals surface area contributed by atoms with Crippen LogP contribution in [0.4, 0.5) is 5.69 Å². The Labute approximate surface area is 148 Å². The molecule has 5 nitrogen and oxygen atoms in total. The minimum Gasteiger partial charge on any atom is -0.367 e. The van der Waals surface area contributed by atoms with Gasteiger partial charge in [0, 0.05) is 55.7 Å². The van der Waals surface area contributed by atoms with Gasteiger partial charge >= 0.3 is 0 Å². The fourth-order valence-corrected chi connectivity index (χ4v) is 3.46. The normalized spacial score (nSPS) is 17.6. The van der Waals surface area contributed by atoms with Gasteiger partial charge < -0.3 is 14.4 Å². The molecule has 0 spiro atoms. The summed E-state index contributed by atoms with van der Waals surface area (Å²) >= 11 is 0. The number of para-hydroxylation sites is 1. The molecule has 0 N–H and O–H groups in total. The molecule has 3 rings (SSSR count). The molecule has 5 heteroatoms. The number of hydrogen-bond acceptors (Lipinski definition) is 3. The number of carbonyl (C=O) groups excluding carboxylic acids is 1. The standard InChI is InChI=1S/C20H25N3O2/c1-4-21-10-9-17(13-19(21)24)20(25)23-12-11-22(14-16(23)3)18-8-6-5-7-15(18)2/h5-10,13,16H,4,11-12,14H2,1-3H3/t16-/m0/s1. The Morgan fingerprint density at radius 1 is 1.20 bits per heavy atom. The van der Waals surface area contributed by atoms with Crippen molar-refractivity contribution in [3.8, 4) is 0 Å². The number of carbonyl (C=O) groups is 1. The van der Waals surface area contributed by atoms with Gasteiger partial charge in [0.2, 0.25) is 0 Å². The number of piperazine rings is 1. The van der Waals surface area contributed by atoms with E-state index in [1.54, 1.807) is 16.8 Å². The van der Waals surface area contributed by atoms with Gasteiger partial charge in [0.1, 0.15) is 0 Å². The van der Waals surface area contributed by atoms with Crippen LogP contribution in [0.25, 0.3) is 0 Å². The first kappa shape index (κ1) is 17.3. The van der Waals surface area contributed by atoms with Gasteiger partial charge in [-0.15, -0.1) is 0 Å². The maximum atomic E-state index is 12.8. The maximum absolute atomic E-state index is 12.8. The van der Waals surface area contributed by atoms with Crippen LogP contribution in [0.2, 0.25) is 0 Å². The summed E-state index contributed by atoms with van der Waals surface area (Å²) in [4.78, 5) is 29.0. The number of nitrogens with zero attached hydrogens (tertiary/aromatic N) is 3. The molecule has 1 aromatic heterocycles. The molecule has 1 aliphatic rings. The fourth-order valence-electron chi connectivity index (χ4n) is 3.46. The third-order valence-corrected chi connectivity index (χ3v) is 4.93.